The molecule has 0 fully saturated rings. The second-order valence-corrected chi connectivity index (χ2v) is 8.52. The van der Waals surface area contributed by atoms with E-state index in [4.69, 9.17) is 16.3 Å². The molecule has 0 atom stereocenters. The van der Waals surface area contributed by atoms with E-state index in [1.54, 1.807) is 38.1 Å². The Morgan fingerprint density at radius 1 is 1.03 bits per heavy atom. The van der Waals surface area contributed by atoms with Gasteiger partial charge in [0.1, 0.15) is 12.4 Å². The van der Waals surface area contributed by atoms with Gasteiger partial charge in [0.25, 0.3) is 0 Å². The fourth-order valence-electron chi connectivity index (χ4n) is 2.60. The van der Waals surface area contributed by atoms with Gasteiger partial charge in [-0.25, -0.2) is 4.79 Å². The van der Waals surface area contributed by atoms with E-state index in [2.05, 4.69) is 20.8 Å². The number of carbonyl (C=O) groups is 1. The van der Waals surface area contributed by atoms with Crippen LogP contribution in [0.4, 0.5) is 23.1 Å². The highest BCUT2D eigenvalue weighted by Gasteiger charge is 2.31. The molecule has 0 aliphatic heterocycles. The summed E-state index contributed by atoms with van der Waals surface area (Å²) in [6, 6.07) is 10.9. The van der Waals surface area contributed by atoms with Crippen molar-refractivity contribution in [3.8, 4) is 5.75 Å². The van der Waals surface area contributed by atoms with Gasteiger partial charge in [-0.05, 0) is 55.8 Å². The van der Waals surface area contributed by atoms with Crippen molar-refractivity contribution in [2.45, 2.75) is 32.2 Å². The van der Waals surface area contributed by atoms with Crippen LogP contribution in [0.5, 0.6) is 5.75 Å². The Labute approximate surface area is 185 Å². The standard InChI is InChI=1S/C20H18ClF3N4O2S/c1-19(2,12-3-5-13(6-4-12)20(22,23)24)26-17(29)25-18-28-27-16(31-18)11-30-15-9-7-14(21)8-10-15/h3-10H,11H2,1-2H3,(H2,25,26,28,29). The molecular formula is C20H18ClF3N4O2S. The van der Waals surface area contributed by atoms with E-state index in [1.165, 1.54) is 12.1 Å². The van der Waals surface area contributed by atoms with Gasteiger partial charge in [-0.3, -0.25) is 5.32 Å². The van der Waals surface area contributed by atoms with Crippen molar-refractivity contribution in [2.75, 3.05) is 5.32 Å². The van der Waals surface area contributed by atoms with Gasteiger partial charge in [0.2, 0.25) is 5.13 Å². The molecule has 2 amide bonds. The third-order valence-corrected chi connectivity index (χ3v) is 5.29. The lowest BCUT2D eigenvalue weighted by Crippen LogP contribution is -2.43. The predicted molar refractivity (Wildman–Crippen MR) is 112 cm³/mol. The number of benzene rings is 2. The summed E-state index contributed by atoms with van der Waals surface area (Å²) in [5.74, 6) is 0.616. The highest BCUT2D eigenvalue weighted by Crippen LogP contribution is 2.31. The third kappa shape index (κ3) is 6.31. The Bertz CT molecular complexity index is 1040. The maximum absolute atomic E-state index is 12.7. The molecule has 3 aromatic rings. The third-order valence-electron chi connectivity index (χ3n) is 4.22. The number of amides is 2. The molecule has 0 aliphatic rings. The molecule has 0 aliphatic carbocycles. The number of halogens is 4. The van der Waals surface area contributed by atoms with Crippen molar-refractivity contribution >= 4 is 34.1 Å². The first-order valence-electron chi connectivity index (χ1n) is 9.00. The number of anilines is 1. The second-order valence-electron chi connectivity index (χ2n) is 7.02. The van der Waals surface area contributed by atoms with Gasteiger partial charge in [0.15, 0.2) is 5.01 Å². The zero-order valence-corrected chi connectivity index (χ0v) is 18.0. The summed E-state index contributed by atoms with van der Waals surface area (Å²) in [6.07, 6.45) is -4.42. The molecule has 0 unspecified atom stereocenters. The van der Waals surface area contributed by atoms with Crippen molar-refractivity contribution in [3.63, 3.8) is 0 Å². The molecule has 1 aromatic heterocycles. The summed E-state index contributed by atoms with van der Waals surface area (Å²) < 4.78 is 43.8. The van der Waals surface area contributed by atoms with E-state index in [0.717, 1.165) is 23.5 Å². The molecule has 6 nitrogen and oxygen atoms in total. The van der Waals surface area contributed by atoms with Crippen LogP contribution in [0.3, 0.4) is 0 Å². The maximum Gasteiger partial charge on any atom is 0.416 e. The largest absolute Gasteiger partial charge is 0.486 e. The molecule has 2 N–H and O–H groups in total. The number of alkyl halides is 3. The van der Waals surface area contributed by atoms with Gasteiger partial charge in [0.05, 0.1) is 11.1 Å². The van der Waals surface area contributed by atoms with Crippen LogP contribution in [-0.2, 0) is 18.3 Å². The zero-order valence-electron chi connectivity index (χ0n) is 16.5. The van der Waals surface area contributed by atoms with Crippen LogP contribution >= 0.6 is 22.9 Å². The van der Waals surface area contributed by atoms with Crippen molar-refractivity contribution in [3.05, 3.63) is 69.7 Å². The number of rotatable bonds is 6. The van der Waals surface area contributed by atoms with Crippen molar-refractivity contribution < 1.29 is 22.7 Å². The molecule has 0 radical (unpaired) electrons. The van der Waals surface area contributed by atoms with Crippen molar-refractivity contribution in [1.29, 1.82) is 0 Å². The van der Waals surface area contributed by atoms with Gasteiger partial charge in [-0.2, -0.15) is 13.2 Å². The molecule has 0 saturated heterocycles. The highest BCUT2D eigenvalue weighted by molar-refractivity contribution is 7.15. The van der Waals surface area contributed by atoms with Crippen LogP contribution in [-0.4, -0.2) is 16.2 Å². The summed E-state index contributed by atoms with van der Waals surface area (Å²) in [5.41, 5.74) is -1.15. The molecule has 3 rings (SSSR count). The molecule has 0 bridgehead atoms. The molecule has 2 aromatic carbocycles. The Morgan fingerprint density at radius 3 is 2.26 bits per heavy atom. The molecule has 164 valence electrons. The van der Waals surface area contributed by atoms with Crippen LogP contribution in [0.2, 0.25) is 5.02 Å². The van der Waals surface area contributed by atoms with Gasteiger partial charge in [0, 0.05) is 5.02 Å². The average molecular weight is 471 g/mol. The minimum atomic E-state index is -4.42. The summed E-state index contributed by atoms with van der Waals surface area (Å²) in [5, 5.41) is 14.5. The maximum atomic E-state index is 12.7. The first-order chi connectivity index (χ1) is 14.5. The fraction of sp³-hybridized carbons (Fsp3) is 0.250. The number of nitrogens with zero attached hydrogens (tertiary/aromatic N) is 2. The number of urea groups is 1. The van der Waals surface area contributed by atoms with E-state index in [-0.39, 0.29) is 11.7 Å². The lowest BCUT2D eigenvalue weighted by molar-refractivity contribution is -0.137. The number of aromatic nitrogens is 2. The Kier molecular flexibility index (Phi) is 6.71. The SMILES string of the molecule is CC(C)(NC(=O)Nc1nnc(COc2ccc(Cl)cc2)s1)c1ccc(C(F)(F)F)cc1. The summed E-state index contributed by atoms with van der Waals surface area (Å²) in [7, 11) is 0. The lowest BCUT2D eigenvalue weighted by atomic mass is 9.93. The van der Waals surface area contributed by atoms with Crippen LogP contribution in [0, 0.1) is 0 Å². The minimum absolute atomic E-state index is 0.166. The van der Waals surface area contributed by atoms with Crippen LogP contribution < -0.4 is 15.4 Å². The fourth-order valence-corrected chi connectivity index (χ4v) is 3.37. The molecule has 31 heavy (non-hydrogen) atoms. The Hall–Kier alpha value is -2.85. The molecular weight excluding hydrogens is 453 g/mol. The highest BCUT2D eigenvalue weighted by atomic mass is 35.5. The summed E-state index contributed by atoms with van der Waals surface area (Å²) in [4.78, 5) is 12.3. The lowest BCUT2D eigenvalue weighted by Gasteiger charge is -2.27. The first kappa shape index (κ1) is 22.8. The predicted octanol–water partition coefficient (Wildman–Crippen LogP) is 5.85. The zero-order chi connectivity index (χ0) is 22.6. The number of hydrogen-bond donors (Lipinski definition) is 2. The average Bonchev–Trinajstić information content (AvgIpc) is 3.13. The van der Waals surface area contributed by atoms with Gasteiger partial charge >= 0.3 is 12.2 Å². The van der Waals surface area contributed by atoms with E-state index >= 15 is 0 Å². The van der Waals surface area contributed by atoms with Gasteiger partial charge in [-0.1, -0.05) is 35.1 Å². The van der Waals surface area contributed by atoms with E-state index in [1.807, 2.05) is 0 Å². The number of ether oxygens (including phenoxy) is 1. The molecule has 11 heteroatoms. The van der Waals surface area contributed by atoms with Crippen LogP contribution in [0.15, 0.2) is 48.5 Å². The second kappa shape index (κ2) is 9.11. The van der Waals surface area contributed by atoms with Crippen molar-refractivity contribution in [2.24, 2.45) is 0 Å². The summed E-state index contributed by atoms with van der Waals surface area (Å²) >= 11 is 6.96. The normalized spacial score (nSPS) is 11.8. The number of carbonyl (C=O) groups excluding carboxylic acids is 1. The van der Waals surface area contributed by atoms with E-state index < -0.39 is 23.3 Å². The summed E-state index contributed by atoms with van der Waals surface area (Å²) in [6.45, 7) is 3.53. The van der Waals surface area contributed by atoms with Gasteiger partial charge in [-0.15, -0.1) is 10.2 Å². The van der Waals surface area contributed by atoms with Crippen molar-refractivity contribution in [1.82, 2.24) is 15.5 Å². The smallest absolute Gasteiger partial charge is 0.416 e. The Balaban J connectivity index is 1.55. The van der Waals surface area contributed by atoms with Gasteiger partial charge < -0.3 is 10.1 Å². The monoisotopic (exact) mass is 470 g/mol. The topological polar surface area (TPSA) is 76.1 Å². The molecule has 0 spiro atoms. The van der Waals surface area contributed by atoms with Crippen LogP contribution in [0.1, 0.15) is 30.0 Å². The molecule has 0 saturated carbocycles. The Morgan fingerprint density at radius 2 is 1.65 bits per heavy atom. The van der Waals surface area contributed by atoms with E-state index in [0.29, 0.717) is 21.3 Å². The van der Waals surface area contributed by atoms with E-state index in [9.17, 15) is 18.0 Å². The number of hydrogen-bond acceptors (Lipinski definition) is 5. The quantitative estimate of drug-likeness (QED) is 0.474. The first-order valence-corrected chi connectivity index (χ1v) is 10.2. The minimum Gasteiger partial charge on any atom is -0.486 e. The molecule has 1 heterocycles. The number of nitrogens with one attached hydrogen (secondary N) is 2. The van der Waals surface area contributed by atoms with Crippen LogP contribution in [0.25, 0.3) is 0 Å².